The molecule has 2 N–H and O–H groups in total. The Labute approximate surface area is 111 Å². The van der Waals surface area contributed by atoms with Crippen LogP contribution in [0, 0.1) is 0 Å². The van der Waals surface area contributed by atoms with E-state index in [-0.39, 0.29) is 5.54 Å². The van der Waals surface area contributed by atoms with E-state index >= 15 is 0 Å². The van der Waals surface area contributed by atoms with Crippen LogP contribution in [0.4, 0.5) is 0 Å². The van der Waals surface area contributed by atoms with Crippen LogP contribution in [0.25, 0.3) is 0 Å². The van der Waals surface area contributed by atoms with Gasteiger partial charge in [-0.1, -0.05) is 0 Å². The van der Waals surface area contributed by atoms with Gasteiger partial charge in [-0.05, 0) is 33.6 Å². The monoisotopic (exact) mass is 255 g/mol. The Morgan fingerprint density at radius 2 is 1.94 bits per heavy atom. The molecule has 2 rings (SSSR count). The maximum absolute atomic E-state index is 6.11. The third-order valence-electron chi connectivity index (χ3n) is 4.73. The van der Waals surface area contributed by atoms with Crippen LogP contribution in [0.5, 0.6) is 0 Å². The number of piperazine rings is 1. The molecule has 0 aromatic heterocycles. The molecule has 106 valence electrons. The first kappa shape index (κ1) is 14.3. The molecule has 0 aliphatic carbocycles. The van der Waals surface area contributed by atoms with Crippen molar-refractivity contribution in [1.82, 2.24) is 9.80 Å². The van der Waals surface area contributed by atoms with Gasteiger partial charge in [0.05, 0.1) is 6.10 Å². The Balaban J connectivity index is 1.97. The quantitative estimate of drug-likeness (QED) is 0.814. The minimum absolute atomic E-state index is 0.195. The van der Waals surface area contributed by atoms with E-state index in [1.54, 1.807) is 0 Å². The summed E-state index contributed by atoms with van der Waals surface area (Å²) in [6.45, 7) is 13.0. The maximum atomic E-state index is 6.11. The summed E-state index contributed by atoms with van der Waals surface area (Å²) in [5.74, 6) is 0. The van der Waals surface area contributed by atoms with Gasteiger partial charge in [0.15, 0.2) is 0 Å². The van der Waals surface area contributed by atoms with E-state index in [0.717, 1.165) is 39.1 Å². The zero-order chi connectivity index (χ0) is 13.2. The number of nitrogens with zero attached hydrogens (tertiary/aromatic N) is 2. The van der Waals surface area contributed by atoms with Crippen molar-refractivity contribution in [2.24, 2.45) is 5.73 Å². The van der Waals surface area contributed by atoms with Crippen molar-refractivity contribution in [2.45, 2.75) is 51.3 Å². The van der Waals surface area contributed by atoms with Crippen LogP contribution in [-0.4, -0.2) is 66.8 Å². The smallest absolute Gasteiger partial charge is 0.0565 e. The van der Waals surface area contributed by atoms with Crippen molar-refractivity contribution in [3.8, 4) is 0 Å². The fourth-order valence-corrected chi connectivity index (χ4v) is 3.46. The fourth-order valence-electron chi connectivity index (χ4n) is 3.46. The van der Waals surface area contributed by atoms with Crippen LogP contribution in [0.15, 0.2) is 0 Å². The van der Waals surface area contributed by atoms with Gasteiger partial charge in [-0.25, -0.2) is 0 Å². The van der Waals surface area contributed by atoms with Crippen molar-refractivity contribution in [1.29, 1.82) is 0 Å². The van der Waals surface area contributed by atoms with Crippen molar-refractivity contribution in [3.05, 3.63) is 0 Å². The number of hydrogen-bond donors (Lipinski definition) is 1. The van der Waals surface area contributed by atoms with Crippen LogP contribution in [0.1, 0.15) is 33.6 Å². The van der Waals surface area contributed by atoms with Gasteiger partial charge in [-0.15, -0.1) is 0 Å². The SMILES string of the molecule is CC1CC(CN)(N2CCN(C(C)C)CC2)CCO1. The highest BCUT2D eigenvalue weighted by molar-refractivity contribution is 4.97. The summed E-state index contributed by atoms with van der Waals surface area (Å²) in [6, 6.07) is 0.662. The molecular weight excluding hydrogens is 226 g/mol. The minimum atomic E-state index is 0.195. The van der Waals surface area contributed by atoms with Crippen LogP contribution in [0.2, 0.25) is 0 Å². The molecule has 2 aliphatic heterocycles. The predicted molar refractivity (Wildman–Crippen MR) is 74.7 cm³/mol. The highest BCUT2D eigenvalue weighted by Crippen LogP contribution is 2.31. The van der Waals surface area contributed by atoms with Crippen LogP contribution < -0.4 is 5.73 Å². The van der Waals surface area contributed by atoms with Gasteiger partial charge < -0.3 is 10.5 Å². The van der Waals surface area contributed by atoms with E-state index in [1.165, 1.54) is 13.1 Å². The molecule has 4 nitrogen and oxygen atoms in total. The molecule has 0 amide bonds. The first-order chi connectivity index (χ1) is 8.57. The summed E-state index contributed by atoms with van der Waals surface area (Å²) in [7, 11) is 0. The average Bonchev–Trinajstić information content (AvgIpc) is 2.38. The highest BCUT2D eigenvalue weighted by Gasteiger charge is 2.40. The van der Waals surface area contributed by atoms with E-state index in [9.17, 15) is 0 Å². The van der Waals surface area contributed by atoms with Crippen molar-refractivity contribution in [2.75, 3.05) is 39.3 Å². The van der Waals surface area contributed by atoms with Gasteiger partial charge >= 0.3 is 0 Å². The lowest BCUT2D eigenvalue weighted by atomic mass is 9.84. The second-order valence-electron chi connectivity index (χ2n) is 6.18. The predicted octanol–water partition coefficient (Wildman–Crippen LogP) is 0.909. The second kappa shape index (κ2) is 5.87. The third-order valence-corrected chi connectivity index (χ3v) is 4.73. The van der Waals surface area contributed by atoms with Crippen molar-refractivity contribution >= 4 is 0 Å². The third kappa shape index (κ3) is 2.87. The first-order valence-electron chi connectivity index (χ1n) is 7.38. The van der Waals surface area contributed by atoms with Crippen LogP contribution in [-0.2, 0) is 4.74 Å². The maximum Gasteiger partial charge on any atom is 0.0565 e. The Hall–Kier alpha value is -0.160. The summed E-state index contributed by atoms with van der Waals surface area (Å²) in [4.78, 5) is 5.19. The molecule has 0 aromatic carbocycles. The molecule has 2 aliphatic rings. The Morgan fingerprint density at radius 1 is 1.28 bits per heavy atom. The number of hydrogen-bond acceptors (Lipinski definition) is 4. The molecular formula is C14H29N3O. The molecule has 2 unspecified atom stereocenters. The Morgan fingerprint density at radius 3 is 2.44 bits per heavy atom. The van der Waals surface area contributed by atoms with Crippen molar-refractivity contribution < 1.29 is 4.74 Å². The highest BCUT2D eigenvalue weighted by atomic mass is 16.5. The standard InChI is InChI=1S/C14H29N3O/c1-12(2)16-5-7-17(8-6-16)14(11-15)4-9-18-13(3)10-14/h12-13H,4-11,15H2,1-3H3. The molecule has 4 heteroatoms. The summed E-state index contributed by atoms with van der Waals surface area (Å²) >= 11 is 0. The fraction of sp³-hybridized carbons (Fsp3) is 1.00. The average molecular weight is 255 g/mol. The molecule has 0 radical (unpaired) electrons. The number of ether oxygens (including phenoxy) is 1. The zero-order valence-electron chi connectivity index (χ0n) is 12.2. The summed E-state index contributed by atoms with van der Waals surface area (Å²) in [5.41, 5.74) is 6.31. The summed E-state index contributed by atoms with van der Waals surface area (Å²) in [6.07, 6.45) is 2.53. The molecule has 2 atom stereocenters. The van der Waals surface area contributed by atoms with Gasteiger partial charge in [0.1, 0.15) is 0 Å². The van der Waals surface area contributed by atoms with E-state index in [4.69, 9.17) is 10.5 Å². The van der Waals surface area contributed by atoms with Gasteiger partial charge in [-0.3, -0.25) is 9.80 Å². The topological polar surface area (TPSA) is 41.7 Å². The molecule has 0 bridgehead atoms. The normalized spacial score (nSPS) is 36.2. The van der Waals surface area contributed by atoms with Gasteiger partial charge in [-0.2, -0.15) is 0 Å². The molecule has 0 saturated carbocycles. The van der Waals surface area contributed by atoms with E-state index in [0.29, 0.717) is 12.1 Å². The zero-order valence-corrected chi connectivity index (χ0v) is 12.2. The molecule has 0 aromatic rings. The Kier molecular flexibility index (Phi) is 4.64. The molecule has 18 heavy (non-hydrogen) atoms. The second-order valence-corrected chi connectivity index (χ2v) is 6.18. The van der Waals surface area contributed by atoms with Gasteiger partial charge in [0, 0.05) is 50.9 Å². The van der Waals surface area contributed by atoms with Gasteiger partial charge in [0.2, 0.25) is 0 Å². The van der Waals surface area contributed by atoms with Crippen LogP contribution in [0.3, 0.4) is 0 Å². The minimum Gasteiger partial charge on any atom is -0.378 e. The lowest BCUT2D eigenvalue weighted by Crippen LogP contribution is -2.63. The lowest BCUT2D eigenvalue weighted by molar-refractivity contribution is -0.0772. The van der Waals surface area contributed by atoms with Crippen LogP contribution >= 0.6 is 0 Å². The molecule has 0 spiro atoms. The van der Waals surface area contributed by atoms with Gasteiger partial charge in [0.25, 0.3) is 0 Å². The van der Waals surface area contributed by atoms with E-state index in [1.807, 2.05) is 0 Å². The van der Waals surface area contributed by atoms with E-state index < -0.39 is 0 Å². The van der Waals surface area contributed by atoms with Crippen molar-refractivity contribution in [3.63, 3.8) is 0 Å². The van der Waals surface area contributed by atoms with E-state index in [2.05, 4.69) is 30.6 Å². The lowest BCUT2D eigenvalue weighted by Gasteiger charge is -2.51. The summed E-state index contributed by atoms with van der Waals surface area (Å²) in [5, 5.41) is 0. The first-order valence-corrected chi connectivity index (χ1v) is 7.38. The molecule has 2 heterocycles. The Bertz CT molecular complexity index is 264. The molecule has 2 saturated heterocycles. The molecule has 2 fully saturated rings. The number of rotatable bonds is 3. The number of nitrogens with two attached hydrogens (primary N) is 1. The largest absolute Gasteiger partial charge is 0.378 e. The summed E-state index contributed by atoms with van der Waals surface area (Å²) < 4.78 is 5.69.